The minimum atomic E-state index is -0.626. The minimum absolute atomic E-state index is 0.0494. The number of hydrogen-bond acceptors (Lipinski definition) is 5. The molecule has 0 radical (unpaired) electrons. The van der Waals surface area contributed by atoms with Gasteiger partial charge in [0.2, 0.25) is 0 Å². The van der Waals surface area contributed by atoms with E-state index in [1.165, 1.54) is 0 Å². The summed E-state index contributed by atoms with van der Waals surface area (Å²) >= 11 is 0. The van der Waals surface area contributed by atoms with Crippen LogP contribution in [0.25, 0.3) is 0 Å². The zero-order valence-corrected chi connectivity index (χ0v) is 27.8. The highest BCUT2D eigenvalue weighted by molar-refractivity contribution is 6.04. The quantitative estimate of drug-likeness (QED) is 0.360. The zero-order chi connectivity index (χ0) is 31.3. The highest BCUT2D eigenvalue weighted by Gasteiger charge is 2.72. The van der Waals surface area contributed by atoms with Gasteiger partial charge in [0.25, 0.3) is 0 Å². The van der Waals surface area contributed by atoms with Crippen LogP contribution in [0.4, 0.5) is 4.79 Å². The van der Waals surface area contributed by atoms with Crippen LogP contribution in [0, 0.1) is 67.5 Å². The molecule has 5 aliphatic carbocycles. The van der Waals surface area contributed by atoms with Crippen LogP contribution < -0.4 is 5.32 Å². The Labute approximate surface area is 253 Å². The summed E-state index contributed by atoms with van der Waals surface area (Å²) < 4.78 is 5.61. The Morgan fingerprint density at radius 3 is 2.24 bits per heavy atom. The first-order chi connectivity index (χ1) is 19.2. The predicted octanol–water partition coefficient (Wildman–Crippen LogP) is 7.81. The van der Waals surface area contributed by atoms with Crippen molar-refractivity contribution in [2.24, 2.45) is 56.2 Å². The fourth-order valence-corrected chi connectivity index (χ4v) is 11.3. The van der Waals surface area contributed by atoms with Gasteiger partial charge in [0.05, 0.1) is 5.57 Å². The first kappa shape index (κ1) is 31.3. The van der Waals surface area contributed by atoms with Crippen LogP contribution >= 0.6 is 0 Å². The molecule has 4 saturated carbocycles. The molecule has 6 nitrogen and oxygen atoms in total. The molecule has 0 saturated heterocycles. The van der Waals surface area contributed by atoms with Gasteiger partial charge in [0, 0.05) is 24.3 Å². The SMILES string of the molecule is CC1(C)CC[C@]2(CNC(=O)OC(C)(C)C)CC[C@]3(C)C(C(=O)CC4[C@@]5(C)C=C(C#N)C(=O)C(C)(C)C5CC[C@]43C)C2C1. The summed E-state index contributed by atoms with van der Waals surface area (Å²) in [7, 11) is 0. The van der Waals surface area contributed by atoms with E-state index in [0.29, 0.717) is 18.7 Å². The lowest BCUT2D eigenvalue weighted by molar-refractivity contribution is -0.222. The number of carbonyl (C=O) groups excluding carboxylic acids is 3. The van der Waals surface area contributed by atoms with E-state index in [2.05, 4.69) is 46.0 Å². The van der Waals surface area contributed by atoms with E-state index in [9.17, 15) is 19.6 Å². The number of hydrogen-bond donors (Lipinski definition) is 1. The van der Waals surface area contributed by atoms with E-state index in [-0.39, 0.29) is 62.8 Å². The van der Waals surface area contributed by atoms with Crippen molar-refractivity contribution in [1.29, 1.82) is 5.26 Å². The number of rotatable bonds is 2. The van der Waals surface area contributed by atoms with Crippen molar-refractivity contribution in [3.05, 3.63) is 11.6 Å². The molecule has 5 aliphatic rings. The van der Waals surface area contributed by atoms with Crippen LogP contribution in [0.1, 0.15) is 121 Å². The number of nitrogens with zero attached hydrogens (tertiary/aromatic N) is 1. The second kappa shape index (κ2) is 9.42. The predicted molar refractivity (Wildman–Crippen MR) is 163 cm³/mol. The van der Waals surface area contributed by atoms with E-state index >= 15 is 0 Å². The van der Waals surface area contributed by atoms with Gasteiger partial charge in [-0.1, -0.05) is 54.5 Å². The van der Waals surface area contributed by atoms with Gasteiger partial charge in [-0.2, -0.15) is 5.26 Å². The lowest BCUT2D eigenvalue weighted by Gasteiger charge is -2.72. The van der Waals surface area contributed by atoms with Crippen molar-refractivity contribution in [3.63, 3.8) is 0 Å². The molecular weight excluding hydrogens is 524 g/mol. The third-order valence-electron chi connectivity index (χ3n) is 13.6. The van der Waals surface area contributed by atoms with Crippen LogP contribution in [-0.2, 0) is 14.3 Å². The Morgan fingerprint density at radius 2 is 1.62 bits per heavy atom. The van der Waals surface area contributed by atoms with Gasteiger partial charge in [-0.05, 0) is 111 Å². The van der Waals surface area contributed by atoms with Gasteiger partial charge < -0.3 is 10.1 Å². The van der Waals surface area contributed by atoms with E-state index < -0.39 is 16.4 Å². The summed E-state index contributed by atoms with van der Waals surface area (Å²) in [5, 5.41) is 13.1. The van der Waals surface area contributed by atoms with Crippen LogP contribution in [-0.4, -0.2) is 29.8 Å². The van der Waals surface area contributed by atoms with Crippen molar-refractivity contribution >= 4 is 17.7 Å². The summed E-state index contributed by atoms with van der Waals surface area (Å²) in [6.45, 7) is 22.0. The smallest absolute Gasteiger partial charge is 0.407 e. The van der Waals surface area contributed by atoms with Crippen LogP contribution in [0.5, 0.6) is 0 Å². The molecule has 232 valence electrons. The molecule has 0 aromatic heterocycles. The van der Waals surface area contributed by atoms with E-state index in [1.807, 2.05) is 40.7 Å². The molecule has 0 aliphatic heterocycles. The Hall–Kier alpha value is -2.16. The standard InChI is InChI=1S/C36H54N2O4/c1-30(2,3)42-29(41)38-21-36-15-13-31(4,5)19-23(36)27-24(39)17-26-33(8)18-22(20-37)28(40)32(6,7)25(33)11-12-34(26,9)35(27,10)14-16-36/h18,23,25-27H,11-17,19,21H2,1-10H3,(H,38,41)/t23?,25?,26?,27?,33-,34+,35+,36+/m0/s1. The molecular formula is C36H54N2O4. The second-order valence-electron chi connectivity index (χ2n) is 17.9. The summed E-state index contributed by atoms with van der Waals surface area (Å²) in [6.07, 6.45) is 9.01. The first-order valence-corrected chi connectivity index (χ1v) is 16.3. The van der Waals surface area contributed by atoms with Crippen LogP contribution in [0.15, 0.2) is 11.6 Å². The van der Waals surface area contributed by atoms with Crippen molar-refractivity contribution in [1.82, 2.24) is 5.32 Å². The van der Waals surface area contributed by atoms with E-state index in [0.717, 1.165) is 44.9 Å². The average molecular weight is 579 g/mol. The molecule has 42 heavy (non-hydrogen) atoms. The maximum atomic E-state index is 14.7. The number of fused-ring (bicyclic) bond motifs is 7. The summed E-state index contributed by atoms with van der Waals surface area (Å²) in [6, 6.07) is 2.22. The Bertz CT molecular complexity index is 1270. The van der Waals surface area contributed by atoms with Gasteiger partial charge >= 0.3 is 6.09 Å². The third-order valence-corrected chi connectivity index (χ3v) is 13.6. The molecule has 1 amide bonds. The van der Waals surface area contributed by atoms with Gasteiger partial charge in [0.15, 0.2) is 5.78 Å². The summed E-state index contributed by atoms with van der Waals surface area (Å²) in [4.78, 5) is 40.8. The number of ether oxygens (including phenoxy) is 1. The fraction of sp³-hybridized carbons (Fsp3) is 0.833. The molecule has 0 heterocycles. The molecule has 0 spiro atoms. The number of allylic oxidation sites excluding steroid dienone is 2. The number of alkyl carbamates (subject to hydrolysis) is 1. The topological polar surface area (TPSA) is 96.3 Å². The number of carbonyl (C=O) groups is 3. The number of nitrogens with one attached hydrogen (secondary N) is 1. The fourth-order valence-electron chi connectivity index (χ4n) is 11.3. The van der Waals surface area contributed by atoms with Crippen LogP contribution in [0.2, 0.25) is 0 Å². The normalized spacial score (nSPS) is 43.9. The van der Waals surface area contributed by atoms with E-state index in [4.69, 9.17) is 4.74 Å². The van der Waals surface area contributed by atoms with Crippen LogP contribution in [0.3, 0.4) is 0 Å². The first-order valence-electron chi connectivity index (χ1n) is 16.3. The third kappa shape index (κ3) is 4.42. The highest BCUT2D eigenvalue weighted by atomic mass is 16.6. The molecule has 8 atom stereocenters. The lowest BCUT2D eigenvalue weighted by Crippen LogP contribution is -2.69. The zero-order valence-electron chi connectivity index (χ0n) is 27.8. The number of ketones is 2. The maximum absolute atomic E-state index is 14.7. The maximum Gasteiger partial charge on any atom is 0.407 e. The molecule has 4 unspecified atom stereocenters. The van der Waals surface area contributed by atoms with Gasteiger partial charge in [-0.3, -0.25) is 9.59 Å². The molecule has 6 heteroatoms. The monoisotopic (exact) mass is 578 g/mol. The summed E-state index contributed by atoms with van der Waals surface area (Å²) in [5.41, 5.74) is -1.58. The molecule has 0 aromatic rings. The Morgan fingerprint density at radius 1 is 0.976 bits per heavy atom. The summed E-state index contributed by atoms with van der Waals surface area (Å²) in [5.74, 6) is 0.622. The molecule has 5 rings (SSSR count). The van der Waals surface area contributed by atoms with Gasteiger partial charge in [-0.15, -0.1) is 0 Å². The molecule has 4 fully saturated rings. The average Bonchev–Trinajstić information content (AvgIpc) is 2.85. The molecule has 1 N–H and O–H groups in total. The highest BCUT2D eigenvalue weighted by Crippen LogP contribution is 2.75. The van der Waals surface area contributed by atoms with Crippen molar-refractivity contribution < 1.29 is 19.1 Å². The Balaban J connectivity index is 1.54. The number of Topliss-reactive ketones (excluding diaryl/α,β-unsaturated/α-hetero) is 2. The van der Waals surface area contributed by atoms with Crippen molar-refractivity contribution in [2.75, 3.05) is 6.54 Å². The lowest BCUT2D eigenvalue weighted by atomic mass is 9.31. The van der Waals surface area contributed by atoms with Gasteiger partial charge in [-0.25, -0.2) is 4.79 Å². The largest absolute Gasteiger partial charge is 0.444 e. The number of nitriles is 1. The Kier molecular flexibility index (Phi) is 7.01. The molecule has 0 aromatic carbocycles. The van der Waals surface area contributed by atoms with Crippen molar-refractivity contribution in [3.8, 4) is 6.07 Å². The van der Waals surface area contributed by atoms with E-state index in [1.54, 1.807) is 0 Å². The van der Waals surface area contributed by atoms with Crippen molar-refractivity contribution in [2.45, 2.75) is 126 Å². The minimum Gasteiger partial charge on any atom is -0.444 e. The van der Waals surface area contributed by atoms with Gasteiger partial charge in [0.1, 0.15) is 17.5 Å². The second-order valence-corrected chi connectivity index (χ2v) is 17.9. The molecule has 0 bridgehead atoms. The number of amides is 1.